The van der Waals surface area contributed by atoms with E-state index in [1.165, 1.54) is 13.0 Å². The van der Waals surface area contributed by atoms with Crippen molar-refractivity contribution in [1.29, 1.82) is 0 Å². The molecule has 2 heterocycles. The highest BCUT2D eigenvalue weighted by atomic mass is 19.3. The van der Waals surface area contributed by atoms with E-state index in [9.17, 15) is 15.0 Å². The van der Waals surface area contributed by atoms with Gasteiger partial charge in [0.05, 0.1) is 13.7 Å². The summed E-state index contributed by atoms with van der Waals surface area (Å²) in [5.41, 5.74) is -1.47. The lowest BCUT2D eigenvalue weighted by Gasteiger charge is -2.37. The monoisotopic (exact) mass is 563 g/mol. The predicted molar refractivity (Wildman–Crippen MR) is 149 cm³/mol. The molecule has 5 rings (SSSR count). The number of nitrogens with zero attached hydrogens (tertiary/aromatic N) is 2. The second kappa shape index (κ2) is 11.0. The highest BCUT2D eigenvalue weighted by molar-refractivity contribution is 5.58. The molecule has 0 bridgehead atoms. The van der Waals surface area contributed by atoms with Gasteiger partial charge in [-0.3, -0.25) is 4.57 Å². The van der Waals surface area contributed by atoms with E-state index >= 15 is 8.78 Å². The van der Waals surface area contributed by atoms with Gasteiger partial charge in [0.1, 0.15) is 22.7 Å². The number of ether oxygens (including phenoxy) is 2. The Bertz CT molecular complexity index is 1490. The van der Waals surface area contributed by atoms with Gasteiger partial charge in [-0.25, -0.2) is 4.79 Å². The Morgan fingerprint density at radius 1 is 0.976 bits per heavy atom. The van der Waals surface area contributed by atoms with Crippen molar-refractivity contribution in [3.63, 3.8) is 0 Å². The van der Waals surface area contributed by atoms with Crippen LogP contribution in [0.25, 0.3) is 0 Å². The average molecular weight is 564 g/mol. The lowest BCUT2D eigenvalue weighted by atomic mass is 9.77. The molecule has 1 fully saturated rings. The minimum Gasteiger partial charge on any atom is -0.497 e. The Morgan fingerprint density at radius 2 is 1.54 bits per heavy atom. The van der Waals surface area contributed by atoms with Crippen LogP contribution in [-0.2, 0) is 10.3 Å². The third kappa shape index (κ3) is 4.77. The zero-order valence-electron chi connectivity index (χ0n) is 22.6. The molecule has 0 radical (unpaired) electrons. The van der Waals surface area contributed by atoms with Crippen molar-refractivity contribution in [1.82, 2.24) is 9.55 Å². The first kappa shape index (κ1) is 28.4. The van der Waals surface area contributed by atoms with Crippen LogP contribution in [0, 0.1) is 0 Å². The quantitative estimate of drug-likeness (QED) is 0.261. The Morgan fingerprint density at radius 3 is 2.00 bits per heavy atom. The Balaban J connectivity index is 1.63. The molecule has 1 aromatic heterocycles. The summed E-state index contributed by atoms with van der Waals surface area (Å²) in [6, 6.07) is 28.0. The molecular weight excluding hydrogens is 532 g/mol. The van der Waals surface area contributed by atoms with E-state index in [4.69, 9.17) is 9.47 Å². The van der Waals surface area contributed by atoms with E-state index in [1.54, 1.807) is 7.11 Å². The van der Waals surface area contributed by atoms with Crippen LogP contribution in [0.4, 0.5) is 14.6 Å². The van der Waals surface area contributed by atoms with Gasteiger partial charge in [-0.1, -0.05) is 79.7 Å². The fourth-order valence-electron chi connectivity index (χ4n) is 5.39. The van der Waals surface area contributed by atoms with Gasteiger partial charge in [0.15, 0.2) is 6.10 Å². The van der Waals surface area contributed by atoms with Crippen molar-refractivity contribution in [3.05, 3.63) is 124 Å². The lowest BCUT2D eigenvalue weighted by Crippen LogP contribution is -2.48. The number of rotatable bonds is 9. The summed E-state index contributed by atoms with van der Waals surface area (Å²) in [7, 11) is 1.58. The Hall–Kier alpha value is -4.12. The minimum atomic E-state index is -3.85. The Kier molecular flexibility index (Phi) is 7.65. The summed E-state index contributed by atoms with van der Waals surface area (Å²) >= 11 is 0. The van der Waals surface area contributed by atoms with Crippen LogP contribution in [-0.4, -0.2) is 51.1 Å². The zero-order valence-corrected chi connectivity index (χ0v) is 22.6. The van der Waals surface area contributed by atoms with Crippen molar-refractivity contribution >= 4 is 5.82 Å². The van der Waals surface area contributed by atoms with Crippen LogP contribution in [0.2, 0.25) is 0 Å². The summed E-state index contributed by atoms with van der Waals surface area (Å²) in [5.74, 6) is -3.06. The zero-order chi connectivity index (χ0) is 29.3. The SMILES string of the molecule is CC[C@]1(CO)O[C@@H](n2ccc(NC(c3ccccc3)(c3ccccc3)c3ccc(OC)cc3)nc2=O)C(F)(F)[C@@H]1O. The highest BCUT2D eigenvalue weighted by Crippen LogP contribution is 2.49. The number of halogens is 2. The molecule has 0 saturated carbocycles. The molecule has 3 N–H and O–H groups in total. The minimum absolute atomic E-state index is 0.0862. The van der Waals surface area contributed by atoms with Crippen molar-refractivity contribution in [2.24, 2.45) is 0 Å². The molecule has 3 aromatic carbocycles. The van der Waals surface area contributed by atoms with Gasteiger partial charge in [0.2, 0.25) is 6.23 Å². The van der Waals surface area contributed by atoms with E-state index in [0.29, 0.717) is 10.3 Å². The van der Waals surface area contributed by atoms with Crippen LogP contribution < -0.4 is 15.7 Å². The van der Waals surface area contributed by atoms with Gasteiger partial charge in [-0.05, 0) is 41.3 Å². The molecule has 0 spiro atoms. The number of aliphatic hydroxyl groups is 2. The largest absolute Gasteiger partial charge is 0.497 e. The van der Waals surface area contributed by atoms with E-state index in [1.807, 2.05) is 84.9 Å². The van der Waals surface area contributed by atoms with Crippen LogP contribution in [0.15, 0.2) is 102 Å². The number of hydrogen-bond donors (Lipinski definition) is 3. The molecule has 0 aliphatic carbocycles. The van der Waals surface area contributed by atoms with Gasteiger partial charge in [0.25, 0.3) is 0 Å². The number of alkyl halides is 2. The molecule has 1 aliphatic heterocycles. The van der Waals surface area contributed by atoms with Gasteiger partial charge in [0, 0.05) is 6.20 Å². The van der Waals surface area contributed by atoms with E-state index < -0.39 is 41.7 Å². The first-order valence-electron chi connectivity index (χ1n) is 13.2. The molecular formula is C31H31F2N3O5. The maximum Gasteiger partial charge on any atom is 0.351 e. The molecule has 0 amide bonds. The topological polar surface area (TPSA) is 106 Å². The lowest BCUT2D eigenvalue weighted by molar-refractivity contribution is -0.145. The standard InChI is InChI=1S/C31H31F2N3O5/c1-3-29(20-37)26(38)31(32,33)27(41-29)36-19-18-25(34-28(36)39)35-30(21-10-6-4-7-11-21,22-12-8-5-9-13-22)23-14-16-24(40-2)17-15-23/h4-19,26-27,37-38H,3,20H2,1-2H3,(H,34,35,39)/t26-,27-,29-/m1/s1. The summed E-state index contributed by atoms with van der Waals surface area (Å²) in [5, 5.41) is 23.5. The second-order valence-electron chi connectivity index (χ2n) is 9.96. The molecule has 8 nitrogen and oxygen atoms in total. The van der Waals surface area contributed by atoms with Crippen LogP contribution in [0.3, 0.4) is 0 Å². The van der Waals surface area contributed by atoms with Crippen molar-refractivity contribution in [2.75, 3.05) is 19.0 Å². The maximum absolute atomic E-state index is 15.1. The van der Waals surface area contributed by atoms with Crippen LogP contribution >= 0.6 is 0 Å². The first-order valence-corrected chi connectivity index (χ1v) is 13.2. The second-order valence-corrected chi connectivity index (χ2v) is 9.96. The smallest absolute Gasteiger partial charge is 0.351 e. The number of nitrogens with one attached hydrogen (secondary N) is 1. The molecule has 214 valence electrons. The maximum atomic E-state index is 15.1. The number of methoxy groups -OCH3 is 1. The molecule has 4 aromatic rings. The molecule has 1 saturated heterocycles. The van der Waals surface area contributed by atoms with Gasteiger partial charge in [-0.2, -0.15) is 13.8 Å². The Labute approximate surface area is 235 Å². The van der Waals surface area contributed by atoms with Gasteiger partial charge < -0.3 is 25.0 Å². The van der Waals surface area contributed by atoms with Crippen molar-refractivity contribution < 1.29 is 28.5 Å². The molecule has 3 atom stereocenters. The average Bonchev–Trinajstić information content (AvgIpc) is 3.22. The predicted octanol–water partition coefficient (Wildman–Crippen LogP) is 4.32. The first-order chi connectivity index (χ1) is 19.7. The fourth-order valence-corrected chi connectivity index (χ4v) is 5.39. The van der Waals surface area contributed by atoms with E-state index in [0.717, 1.165) is 22.9 Å². The summed E-state index contributed by atoms with van der Waals surface area (Å²) < 4.78 is 41.7. The fraction of sp³-hybridized carbons (Fsp3) is 0.290. The number of anilines is 1. The van der Waals surface area contributed by atoms with Crippen LogP contribution in [0.5, 0.6) is 5.75 Å². The number of aliphatic hydroxyl groups excluding tert-OH is 2. The normalized spacial score (nSPS) is 21.9. The number of aromatic nitrogens is 2. The highest BCUT2D eigenvalue weighted by Gasteiger charge is 2.66. The van der Waals surface area contributed by atoms with Crippen molar-refractivity contribution in [2.45, 2.75) is 42.7 Å². The third-order valence-corrected chi connectivity index (χ3v) is 7.74. The summed E-state index contributed by atoms with van der Waals surface area (Å²) in [4.78, 5) is 17.3. The van der Waals surface area contributed by atoms with Crippen molar-refractivity contribution in [3.8, 4) is 5.75 Å². The van der Waals surface area contributed by atoms with Gasteiger partial charge in [-0.15, -0.1) is 0 Å². The van der Waals surface area contributed by atoms with Gasteiger partial charge >= 0.3 is 11.6 Å². The molecule has 0 unspecified atom stereocenters. The third-order valence-electron chi connectivity index (χ3n) is 7.74. The summed E-state index contributed by atoms with van der Waals surface area (Å²) in [6.07, 6.45) is -3.38. The van der Waals surface area contributed by atoms with E-state index in [-0.39, 0.29) is 12.2 Å². The summed E-state index contributed by atoms with van der Waals surface area (Å²) in [6.45, 7) is 0.676. The molecule has 1 aliphatic rings. The van der Waals surface area contributed by atoms with E-state index in [2.05, 4.69) is 10.3 Å². The van der Waals surface area contributed by atoms with Crippen LogP contribution in [0.1, 0.15) is 36.3 Å². The number of benzene rings is 3. The number of hydrogen-bond acceptors (Lipinski definition) is 7. The molecule has 41 heavy (non-hydrogen) atoms. The molecule has 10 heteroatoms.